The maximum atomic E-state index is 14.2. The summed E-state index contributed by atoms with van der Waals surface area (Å²) in [6, 6.07) is 7.64. The topological polar surface area (TPSA) is 135 Å². The first kappa shape index (κ1) is 30.6. The lowest BCUT2D eigenvalue weighted by molar-refractivity contribution is -0.137. The number of sulfone groups is 1. The zero-order valence-electron chi connectivity index (χ0n) is 22.7. The van der Waals surface area contributed by atoms with Crippen LogP contribution in [-0.2, 0) is 21.8 Å². The molecule has 220 valence electrons. The molecule has 0 spiro atoms. The summed E-state index contributed by atoms with van der Waals surface area (Å²) in [4.78, 5) is 4.02. The summed E-state index contributed by atoms with van der Waals surface area (Å²) in [7, 11) is -3.74. The number of nitrogens with zero attached hydrogens (tertiary/aromatic N) is 1. The molecule has 2 aromatic carbocycles. The third-order valence-corrected chi connectivity index (χ3v) is 10.1. The second-order valence-corrected chi connectivity index (χ2v) is 14.3. The van der Waals surface area contributed by atoms with Gasteiger partial charge < -0.3 is 11.1 Å². The summed E-state index contributed by atoms with van der Waals surface area (Å²) in [6.45, 7) is 7.75. The van der Waals surface area contributed by atoms with Gasteiger partial charge in [-0.1, -0.05) is 44.5 Å². The molecule has 0 aliphatic carbocycles. The standard InChI is InChI=1S/C27H36ClF3N6O2S/c1-25(2,3)11-8-22(16-9-12-34-13-10-16)40(38,39)19-6-4-17(5-7-19)23-20(26(29,30)31)14-18(15-21(23)28)27(33)35-24(32)36-37-27/h4-7,14-16,22,34,37H,8-13,33H2,1-3H3,(H3,32,35,36). The van der Waals surface area contributed by atoms with Crippen LogP contribution in [0.3, 0.4) is 0 Å². The van der Waals surface area contributed by atoms with E-state index in [-0.39, 0.29) is 43.9 Å². The second-order valence-electron chi connectivity index (χ2n) is 11.7. The number of alkyl halides is 3. The quantitative estimate of drug-likeness (QED) is 0.316. The smallest absolute Gasteiger partial charge is 0.369 e. The molecule has 7 N–H and O–H groups in total. The zero-order valence-corrected chi connectivity index (χ0v) is 24.3. The molecule has 0 bridgehead atoms. The van der Waals surface area contributed by atoms with E-state index in [1.807, 2.05) is 0 Å². The van der Waals surface area contributed by atoms with Gasteiger partial charge in [0.05, 0.1) is 15.7 Å². The molecule has 0 aromatic heterocycles. The summed E-state index contributed by atoms with van der Waals surface area (Å²) >= 11 is 6.41. The molecule has 0 saturated carbocycles. The Labute approximate surface area is 238 Å². The molecule has 2 heterocycles. The molecule has 1 fully saturated rings. The third-order valence-electron chi connectivity index (χ3n) is 7.47. The average Bonchev–Trinajstić information content (AvgIpc) is 3.22. The number of guanidine groups is 1. The van der Waals surface area contributed by atoms with Gasteiger partial charge in [-0.05, 0) is 79.9 Å². The van der Waals surface area contributed by atoms with Crippen molar-refractivity contribution < 1.29 is 21.6 Å². The Balaban J connectivity index is 1.72. The van der Waals surface area contributed by atoms with Crippen molar-refractivity contribution >= 4 is 27.4 Å². The normalized spacial score (nSPS) is 21.6. The van der Waals surface area contributed by atoms with Crippen LogP contribution in [0.25, 0.3) is 11.1 Å². The van der Waals surface area contributed by atoms with Crippen molar-refractivity contribution in [2.24, 2.45) is 27.8 Å². The van der Waals surface area contributed by atoms with Crippen LogP contribution in [0.15, 0.2) is 46.3 Å². The molecule has 0 amide bonds. The highest BCUT2D eigenvalue weighted by Gasteiger charge is 2.40. The Hall–Kier alpha value is -2.38. The fourth-order valence-corrected chi connectivity index (χ4v) is 7.71. The molecule has 2 atom stereocenters. The van der Waals surface area contributed by atoms with Crippen molar-refractivity contribution in [3.8, 4) is 11.1 Å². The first-order valence-corrected chi connectivity index (χ1v) is 15.1. The summed E-state index contributed by atoms with van der Waals surface area (Å²) in [6.07, 6.45) is -2.03. The highest BCUT2D eigenvalue weighted by molar-refractivity contribution is 7.92. The van der Waals surface area contributed by atoms with Gasteiger partial charge >= 0.3 is 6.18 Å². The van der Waals surface area contributed by atoms with Crippen LogP contribution >= 0.6 is 11.6 Å². The minimum Gasteiger partial charge on any atom is -0.369 e. The Kier molecular flexibility index (Phi) is 8.51. The van der Waals surface area contributed by atoms with Crippen molar-refractivity contribution in [1.29, 1.82) is 0 Å². The zero-order chi connectivity index (χ0) is 29.5. The van der Waals surface area contributed by atoms with Crippen LogP contribution in [0.5, 0.6) is 0 Å². The molecule has 8 nitrogen and oxygen atoms in total. The SMILES string of the molecule is CC(C)(C)CCC(C1CCNCC1)S(=O)(=O)c1ccc(-c2c(Cl)cc(C3(N)N=C(N)NN3)cc2C(F)(F)F)cc1. The van der Waals surface area contributed by atoms with E-state index in [0.29, 0.717) is 6.42 Å². The number of hydrogen-bond donors (Lipinski definition) is 5. The number of rotatable bonds is 7. The molecule has 2 aromatic rings. The van der Waals surface area contributed by atoms with E-state index in [1.54, 1.807) is 0 Å². The Bertz CT molecular complexity index is 1370. The minimum atomic E-state index is -4.79. The van der Waals surface area contributed by atoms with E-state index in [2.05, 4.69) is 41.9 Å². The van der Waals surface area contributed by atoms with Crippen LogP contribution < -0.4 is 27.6 Å². The monoisotopic (exact) mass is 600 g/mol. The van der Waals surface area contributed by atoms with Crippen molar-refractivity contribution in [3.05, 3.63) is 52.5 Å². The van der Waals surface area contributed by atoms with E-state index in [9.17, 15) is 21.6 Å². The van der Waals surface area contributed by atoms with Gasteiger partial charge in [0.1, 0.15) is 0 Å². The average molecular weight is 601 g/mol. The van der Waals surface area contributed by atoms with Crippen LogP contribution in [0.2, 0.25) is 5.02 Å². The van der Waals surface area contributed by atoms with Crippen molar-refractivity contribution in [3.63, 3.8) is 0 Å². The first-order chi connectivity index (χ1) is 18.5. The summed E-state index contributed by atoms with van der Waals surface area (Å²) in [5.41, 5.74) is 15.4. The minimum absolute atomic E-state index is 0.00561. The predicted molar refractivity (Wildman–Crippen MR) is 151 cm³/mol. The van der Waals surface area contributed by atoms with Crippen molar-refractivity contribution in [2.75, 3.05) is 13.1 Å². The fraction of sp³-hybridized carbons (Fsp3) is 0.519. The lowest BCUT2D eigenvalue weighted by Gasteiger charge is -2.32. The first-order valence-electron chi connectivity index (χ1n) is 13.1. The third kappa shape index (κ3) is 6.57. The van der Waals surface area contributed by atoms with E-state index in [4.69, 9.17) is 23.1 Å². The summed E-state index contributed by atoms with van der Waals surface area (Å²) in [5, 5.41) is 2.49. The van der Waals surface area contributed by atoms with Crippen LogP contribution in [0, 0.1) is 11.3 Å². The largest absolute Gasteiger partial charge is 0.417 e. The van der Waals surface area contributed by atoms with Crippen molar-refractivity contribution in [1.82, 2.24) is 16.2 Å². The van der Waals surface area contributed by atoms with Crippen LogP contribution in [0.1, 0.15) is 57.6 Å². The molecule has 2 aliphatic heterocycles. The highest BCUT2D eigenvalue weighted by Crippen LogP contribution is 2.44. The Morgan fingerprint density at radius 1 is 1.12 bits per heavy atom. The van der Waals surface area contributed by atoms with Gasteiger partial charge in [-0.2, -0.15) is 18.6 Å². The summed E-state index contributed by atoms with van der Waals surface area (Å²) in [5.74, 6) is -1.83. The number of hydrogen-bond acceptors (Lipinski definition) is 8. The molecular formula is C27H36ClF3N6O2S. The fourth-order valence-electron chi connectivity index (χ4n) is 5.31. The number of halogens is 4. The summed E-state index contributed by atoms with van der Waals surface area (Å²) < 4.78 is 70.5. The van der Waals surface area contributed by atoms with Gasteiger partial charge in [-0.3, -0.25) is 11.2 Å². The molecule has 0 radical (unpaired) electrons. The highest BCUT2D eigenvalue weighted by atomic mass is 35.5. The van der Waals surface area contributed by atoms with Crippen molar-refractivity contribution in [2.45, 2.75) is 68.6 Å². The van der Waals surface area contributed by atoms with E-state index < -0.39 is 32.6 Å². The maximum Gasteiger partial charge on any atom is 0.417 e. The maximum absolute atomic E-state index is 14.2. The lowest BCUT2D eigenvalue weighted by Crippen LogP contribution is -2.50. The molecule has 2 unspecified atom stereocenters. The number of nitrogens with two attached hydrogens (primary N) is 2. The number of hydrazine groups is 1. The number of nitrogens with one attached hydrogen (secondary N) is 3. The van der Waals surface area contributed by atoms with E-state index in [0.717, 1.165) is 38.4 Å². The molecule has 2 aliphatic rings. The van der Waals surface area contributed by atoms with Gasteiger partial charge in [0, 0.05) is 16.1 Å². The van der Waals surface area contributed by atoms with Gasteiger partial charge in [0.2, 0.25) is 11.7 Å². The second kappa shape index (κ2) is 11.1. The van der Waals surface area contributed by atoms with Crippen LogP contribution in [0.4, 0.5) is 13.2 Å². The van der Waals surface area contributed by atoms with Gasteiger partial charge in [-0.15, -0.1) is 0 Å². The molecule has 13 heteroatoms. The molecule has 1 saturated heterocycles. The van der Waals surface area contributed by atoms with E-state index in [1.165, 1.54) is 30.3 Å². The van der Waals surface area contributed by atoms with E-state index >= 15 is 0 Å². The number of aliphatic imine (C=N–C) groups is 1. The van der Waals surface area contributed by atoms with Crippen LogP contribution in [-0.4, -0.2) is 32.7 Å². The molecular weight excluding hydrogens is 565 g/mol. The predicted octanol–water partition coefficient (Wildman–Crippen LogP) is 4.49. The number of piperidine rings is 1. The van der Waals surface area contributed by atoms with Gasteiger partial charge in [0.25, 0.3) is 0 Å². The Morgan fingerprint density at radius 2 is 1.75 bits per heavy atom. The van der Waals surface area contributed by atoms with Gasteiger partial charge in [-0.25, -0.2) is 13.4 Å². The molecule has 4 rings (SSSR count). The number of benzene rings is 2. The van der Waals surface area contributed by atoms with Gasteiger partial charge in [0.15, 0.2) is 9.84 Å². The molecule has 40 heavy (non-hydrogen) atoms. The Morgan fingerprint density at radius 3 is 2.27 bits per heavy atom. The lowest BCUT2D eigenvalue weighted by atomic mass is 9.85.